The minimum absolute atomic E-state index is 0.182. The number of methoxy groups -OCH3 is 3. The van der Waals surface area contributed by atoms with Crippen LogP contribution in [0.4, 0.5) is 13.2 Å². The fraction of sp³-hybridized carbons (Fsp3) is 0.179. The molecular weight excluding hydrogens is 531 g/mol. The third-order valence-electron chi connectivity index (χ3n) is 5.98. The first-order valence-electron chi connectivity index (χ1n) is 11.7. The van der Waals surface area contributed by atoms with Crippen LogP contribution in [0, 0.1) is 0 Å². The van der Waals surface area contributed by atoms with E-state index in [1.165, 1.54) is 0 Å². The predicted molar refractivity (Wildman–Crippen MR) is 141 cm³/mol. The number of ether oxygens (including phenoxy) is 3. The molecule has 3 N–H and O–H groups in total. The lowest BCUT2D eigenvalue weighted by Crippen LogP contribution is -2.21. The number of hydrogen-bond acceptors (Lipinski definition) is 7. The van der Waals surface area contributed by atoms with Gasteiger partial charge in [0.05, 0.1) is 43.5 Å². The molecule has 2 aromatic heterocycles. The number of carboxylic acids is 1. The van der Waals surface area contributed by atoms with E-state index in [9.17, 15) is 18.3 Å². The molecule has 0 unspecified atom stereocenters. The molecule has 12 heteroatoms. The van der Waals surface area contributed by atoms with Gasteiger partial charge in [-0.1, -0.05) is 30.3 Å². The number of phenols is 1. The maximum Gasteiger partial charge on any atom is 0.490 e. The fourth-order valence-corrected chi connectivity index (χ4v) is 4.23. The van der Waals surface area contributed by atoms with Gasteiger partial charge < -0.3 is 24.4 Å². The zero-order chi connectivity index (χ0) is 29.0. The number of pyridine rings is 1. The third kappa shape index (κ3) is 5.55. The largest absolute Gasteiger partial charge is 0.508 e. The van der Waals surface area contributed by atoms with Gasteiger partial charge in [0.15, 0.2) is 17.1 Å². The normalized spacial score (nSPS) is 11.2. The van der Waals surface area contributed by atoms with E-state index in [2.05, 4.69) is 22.3 Å². The Hall–Kier alpha value is -5.00. The minimum Gasteiger partial charge on any atom is -0.508 e. The van der Waals surface area contributed by atoms with Crippen molar-refractivity contribution < 1.29 is 42.4 Å². The molecule has 0 atom stereocenters. The molecule has 40 heavy (non-hydrogen) atoms. The molecule has 0 saturated heterocycles. The zero-order valence-corrected chi connectivity index (χ0v) is 21.5. The number of aromatic nitrogens is 3. The van der Waals surface area contributed by atoms with Crippen LogP contribution < -0.4 is 14.2 Å². The van der Waals surface area contributed by atoms with E-state index < -0.39 is 12.1 Å². The first-order chi connectivity index (χ1) is 19.1. The maximum atomic E-state index is 10.6. The van der Waals surface area contributed by atoms with E-state index in [1.54, 1.807) is 33.5 Å². The van der Waals surface area contributed by atoms with Crippen LogP contribution in [0.5, 0.6) is 23.0 Å². The quantitative estimate of drug-likeness (QED) is 0.242. The third-order valence-corrected chi connectivity index (χ3v) is 5.98. The Labute approximate surface area is 225 Å². The number of aliphatic carboxylic acids is 1. The van der Waals surface area contributed by atoms with E-state index in [0.717, 1.165) is 33.0 Å². The lowest BCUT2D eigenvalue weighted by Gasteiger charge is -2.17. The molecule has 0 radical (unpaired) electrons. The van der Waals surface area contributed by atoms with Gasteiger partial charge in [0, 0.05) is 17.4 Å². The molecule has 0 bridgehead atoms. The number of fused-ring (bicyclic) bond motifs is 3. The number of hydrogen-bond donors (Lipinski definition) is 3. The summed E-state index contributed by atoms with van der Waals surface area (Å²) < 4.78 is 48.9. The average Bonchev–Trinajstić information content (AvgIpc) is 3.34. The highest BCUT2D eigenvalue weighted by Crippen LogP contribution is 2.48. The lowest BCUT2D eigenvalue weighted by atomic mass is 9.97. The van der Waals surface area contributed by atoms with Crippen molar-refractivity contribution in [2.75, 3.05) is 21.3 Å². The number of phenolic OH excluding ortho intramolecular Hbond substituents is 1. The molecule has 5 aromatic rings. The van der Waals surface area contributed by atoms with Crippen LogP contribution in [0.25, 0.3) is 33.1 Å². The zero-order valence-electron chi connectivity index (χ0n) is 21.5. The van der Waals surface area contributed by atoms with Gasteiger partial charge in [-0.2, -0.15) is 18.3 Å². The molecular formula is C28H24F3N3O6. The van der Waals surface area contributed by atoms with Crippen LogP contribution in [0.2, 0.25) is 0 Å². The van der Waals surface area contributed by atoms with Crippen molar-refractivity contribution in [1.82, 2.24) is 15.2 Å². The molecule has 0 amide bonds. The topological polar surface area (TPSA) is 127 Å². The Bertz CT molecular complexity index is 1650. The lowest BCUT2D eigenvalue weighted by molar-refractivity contribution is -0.192. The van der Waals surface area contributed by atoms with Gasteiger partial charge in [0.25, 0.3) is 0 Å². The number of benzene rings is 3. The van der Waals surface area contributed by atoms with Gasteiger partial charge in [-0.05, 0) is 35.9 Å². The molecule has 0 aliphatic heterocycles. The molecule has 0 spiro atoms. The van der Waals surface area contributed by atoms with Crippen molar-refractivity contribution in [3.63, 3.8) is 0 Å². The van der Waals surface area contributed by atoms with Gasteiger partial charge >= 0.3 is 12.1 Å². The summed E-state index contributed by atoms with van der Waals surface area (Å²) in [5, 5.41) is 27.2. The number of halogens is 3. The number of aromatic amines is 1. The first-order valence-corrected chi connectivity index (χ1v) is 11.7. The molecule has 0 fully saturated rings. The van der Waals surface area contributed by atoms with Crippen LogP contribution >= 0.6 is 0 Å². The molecule has 3 aromatic carbocycles. The predicted octanol–water partition coefficient (Wildman–Crippen LogP) is 5.73. The van der Waals surface area contributed by atoms with Gasteiger partial charge in [-0.15, -0.1) is 0 Å². The Morgan fingerprint density at radius 2 is 1.55 bits per heavy atom. The van der Waals surface area contributed by atoms with Gasteiger partial charge in [-0.3, -0.25) is 5.10 Å². The summed E-state index contributed by atoms with van der Waals surface area (Å²) in [7, 11) is 4.78. The van der Waals surface area contributed by atoms with Crippen molar-refractivity contribution in [3.8, 4) is 34.3 Å². The highest BCUT2D eigenvalue weighted by atomic mass is 19.4. The summed E-state index contributed by atoms with van der Waals surface area (Å²) in [6, 6.07) is 19.0. The van der Waals surface area contributed by atoms with Crippen molar-refractivity contribution >= 4 is 27.8 Å². The second kappa shape index (κ2) is 11.4. The number of H-pyrrole nitrogens is 1. The van der Waals surface area contributed by atoms with Crippen LogP contribution in [0.1, 0.15) is 11.3 Å². The van der Waals surface area contributed by atoms with Crippen LogP contribution in [-0.2, 0) is 11.2 Å². The molecule has 0 aliphatic carbocycles. The summed E-state index contributed by atoms with van der Waals surface area (Å²) in [6.07, 6.45) is -4.44. The number of nitrogens with one attached hydrogen (secondary N) is 1. The van der Waals surface area contributed by atoms with Crippen molar-refractivity contribution in [2.24, 2.45) is 0 Å². The number of carboxylic acid groups (broad SMARTS) is 1. The Balaban J connectivity index is 0.000000470. The van der Waals surface area contributed by atoms with Gasteiger partial charge in [0.2, 0.25) is 5.75 Å². The van der Waals surface area contributed by atoms with E-state index in [4.69, 9.17) is 29.1 Å². The van der Waals surface area contributed by atoms with E-state index in [-0.39, 0.29) is 5.75 Å². The molecule has 5 rings (SSSR count). The molecule has 0 saturated carbocycles. The van der Waals surface area contributed by atoms with E-state index >= 15 is 0 Å². The molecule has 0 aliphatic rings. The van der Waals surface area contributed by atoms with Crippen LogP contribution in [0.15, 0.2) is 60.7 Å². The highest BCUT2D eigenvalue weighted by Gasteiger charge is 2.38. The molecule has 208 valence electrons. The van der Waals surface area contributed by atoms with E-state index in [1.807, 2.05) is 36.4 Å². The van der Waals surface area contributed by atoms with Gasteiger partial charge in [0.1, 0.15) is 5.75 Å². The second-order valence-corrected chi connectivity index (χ2v) is 8.43. The standard InChI is InChI=1S/C26H23N3O4.C2HF3O2/c1-31-20-14-18-21-19(13-15-7-5-4-6-8-15)28-29-26(21)27-23(16-9-11-17(30)12-10-16)22(18)25(33-3)24(20)32-2;3-2(4,5)1(6)7/h4-12,14,30H,13H2,1-3H3,(H,27,28,29);(H,6,7). The van der Waals surface area contributed by atoms with Crippen LogP contribution in [-0.4, -0.2) is 58.9 Å². The Kier molecular flexibility index (Phi) is 7.98. The number of rotatable bonds is 6. The van der Waals surface area contributed by atoms with Crippen molar-refractivity contribution in [3.05, 3.63) is 71.9 Å². The fourth-order valence-electron chi connectivity index (χ4n) is 4.23. The van der Waals surface area contributed by atoms with Crippen LogP contribution in [0.3, 0.4) is 0 Å². The van der Waals surface area contributed by atoms with Crippen molar-refractivity contribution in [1.29, 1.82) is 0 Å². The summed E-state index contributed by atoms with van der Waals surface area (Å²) >= 11 is 0. The van der Waals surface area contributed by atoms with E-state index in [0.29, 0.717) is 35.0 Å². The summed E-state index contributed by atoms with van der Waals surface area (Å²) in [5.41, 5.74) is 4.19. The SMILES string of the molecule is COc1cc2c(c(-c3ccc(O)cc3)nc3[nH]nc(Cc4ccccc4)c32)c(OC)c1OC.O=C(O)C(F)(F)F. The number of nitrogens with zero attached hydrogens (tertiary/aromatic N) is 2. The Morgan fingerprint density at radius 3 is 2.10 bits per heavy atom. The first kappa shape index (κ1) is 28.0. The molecule has 9 nitrogen and oxygen atoms in total. The number of carbonyl (C=O) groups is 1. The van der Waals surface area contributed by atoms with Gasteiger partial charge in [-0.25, -0.2) is 9.78 Å². The number of alkyl halides is 3. The molecule has 2 heterocycles. The smallest absolute Gasteiger partial charge is 0.490 e. The second-order valence-electron chi connectivity index (χ2n) is 8.43. The monoisotopic (exact) mass is 555 g/mol. The van der Waals surface area contributed by atoms with Crippen molar-refractivity contribution in [2.45, 2.75) is 12.6 Å². The minimum atomic E-state index is -5.08. The summed E-state index contributed by atoms with van der Waals surface area (Å²) in [5.74, 6) is -1.01. The maximum absolute atomic E-state index is 10.6. The average molecular weight is 556 g/mol. The summed E-state index contributed by atoms with van der Waals surface area (Å²) in [4.78, 5) is 13.8. The number of aromatic hydroxyl groups is 1. The highest BCUT2D eigenvalue weighted by molar-refractivity contribution is 6.15. The Morgan fingerprint density at radius 1 is 0.925 bits per heavy atom. The summed E-state index contributed by atoms with van der Waals surface area (Å²) in [6.45, 7) is 0.